The number of hydrogen-bond acceptors (Lipinski definition) is 4. The first kappa shape index (κ1) is 19.0. The number of rotatable bonds is 5. The number of hydrogen-bond donors (Lipinski definition) is 1. The van der Waals surface area contributed by atoms with Gasteiger partial charge in [0, 0.05) is 30.0 Å². The highest BCUT2D eigenvalue weighted by Crippen LogP contribution is 2.22. The highest BCUT2D eigenvalue weighted by atomic mass is 16.5. The van der Waals surface area contributed by atoms with Crippen LogP contribution in [0.2, 0.25) is 0 Å². The number of anilines is 2. The number of carbonyl (C=O) groups excluding carboxylic acids is 2. The van der Waals surface area contributed by atoms with Crippen molar-refractivity contribution in [2.45, 2.75) is 33.1 Å². The summed E-state index contributed by atoms with van der Waals surface area (Å²) in [6.45, 7) is 6.13. The summed E-state index contributed by atoms with van der Waals surface area (Å²) in [6, 6.07) is 12.9. The summed E-state index contributed by atoms with van der Waals surface area (Å²) >= 11 is 0. The molecule has 0 aromatic heterocycles. The molecule has 5 nitrogen and oxygen atoms in total. The maximum atomic E-state index is 12.6. The van der Waals surface area contributed by atoms with Crippen LogP contribution in [0.25, 0.3) is 0 Å². The van der Waals surface area contributed by atoms with Gasteiger partial charge in [0.2, 0.25) is 0 Å². The molecule has 5 heteroatoms. The molecule has 1 aliphatic rings. The van der Waals surface area contributed by atoms with Crippen LogP contribution in [-0.4, -0.2) is 31.6 Å². The Morgan fingerprint density at radius 1 is 1.00 bits per heavy atom. The van der Waals surface area contributed by atoms with Gasteiger partial charge in [-0.2, -0.15) is 0 Å². The number of esters is 1. The molecule has 2 aromatic carbocycles. The van der Waals surface area contributed by atoms with E-state index in [1.807, 2.05) is 31.2 Å². The normalized spacial score (nSPS) is 13.9. The van der Waals surface area contributed by atoms with Gasteiger partial charge in [-0.15, -0.1) is 0 Å². The molecule has 1 N–H and O–H groups in total. The summed E-state index contributed by atoms with van der Waals surface area (Å²) in [5, 5.41) is 2.90. The van der Waals surface area contributed by atoms with Crippen LogP contribution in [0.4, 0.5) is 11.4 Å². The van der Waals surface area contributed by atoms with E-state index in [0.29, 0.717) is 23.4 Å². The van der Waals surface area contributed by atoms with E-state index in [2.05, 4.69) is 10.2 Å². The minimum atomic E-state index is -0.390. The molecule has 0 spiro atoms. The summed E-state index contributed by atoms with van der Waals surface area (Å²) in [7, 11) is 0. The van der Waals surface area contributed by atoms with Gasteiger partial charge in [0.15, 0.2) is 0 Å². The summed E-state index contributed by atoms with van der Waals surface area (Å²) in [5.74, 6) is -0.580. The van der Waals surface area contributed by atoms with Gasteiger partial charge in [0.05, 0.1) is 12.2 Å². The summed E-state index contributed by atoms with van der Waals surface area (Å²) in [4.78, 5) is 26.9. The number of nitrogens with zero attached hydrogens (tertiary/aromatic N) is 1. The van der Waals surface area contributed by atoms with E-state index < -0.39 is 0 Å². The maximum Gasteiger partial charge on any atom is 0.338 e. The predicted molar refractivity (Wildman–Crippen MR) is 108 cm³/mol. The molecule has 27 heavy (non-hydrogen) atoms. The molecule has 1 saturated heterocycles. The fraction of sp³-hybridized carbons (Fsp3) is 0.364. The molecule has 0 atom stereocenters. The lowest BCUT2D eigenvalue weighted by atomic mass is 10.1. The van der Waals surface area contributed by atoms with Crippen molar-refractivity contribution in [1.82, 2.24) is 0 Å². The quantitative estimate of drug-likeness (QED) is 0.796. The van der Waals surface area contributed by atoms with E-state index >= 15 is 0 Å². The Bertz CT molecular complexity index is 809. The van der Waals surface area contributed by atoms with Crippen molar-refractivity contribution in [2.24, 2.45) is 0 Å². The number of nitrogens with one attached hydrogen (secondary N) is 1. The van der Waals surface area contributed by atoms with Crippen molar-refractivity contribution in [3.05, 3.63) is 59.2 Å². The number of carbonyl (C=O) groups is 2. The van der Waals surface area contributed by atoms with Gasteiger partial charge in [-0.1, -0.05) is 6.07 Å². The minimum absolute atomic E-state index is 0.190. The molecular weight excluding hydrogens is 340 g/mol. The molecule has 1 aliphatic heterocycles. The van der Waals surface area contributed by atoms with Crippen LogP contribution in [0.1, 0.15) is 52.5 Å². The highest BCUT2D eigenvalue weighted by Gasteiger charge is 2.14. The van der Waals surface area contributed by atoms with Gasteiger partial charge in [-0.25, -0.2) is 4.79 Å². The first-order chi connectivity index (χ1) is 13.1. The van der Waals surface area contributed by atoms with Crippen molar-refractivity contribution in [1.29, 1.82) is 0 Å². The van der Waals surface area contributed by atoms with Crippen LogP contribution in [0.15, 0.2) is 42.5 Å². The lowest BCUT2D eigenvalue weighted by Crippen LogP contribution is -2.29. The highest BCUT2D eigenvalue weighted by molar-refractivity contribution is 6.05. The van der Waals surface area contributed by atoms with Gasteiger partial charge in [-0.3, -0.25) is 4.79 Å². The third kappa shape index (κ3) is 4.67. The lowest BCUT2D eigenvalue weighted by Gasteiger charge is -2.28. The minimum Gasteiger partial charge on any atom is -0.462 e. The zero-order chi connectivity index (χ0) is 19.2. The fourth-order valence-electron chi connectivity index (χ4n) is 3.27. The largest absolute Gasteiger partial charge is 0.462 e. The van der Waals surface area contributed by atoms with Crippen LogP contribution >= 0.6 is 0 Å². The predicted octanol–water partition coefficient (Wildman–Crippen LogP) is 4.41. The smallest absolute Gasteiger partial charge is 0.338 e. The Morgan fingerprint density at radius 2 is 1.67 bits per heavy atom. The summed E-state index contributed by atoms with van der Waals surface area (Å²) in [6.07, 6.45) is 3.73. The number of aryl methyl sites for hydroxylation is 1. The molecule has 1 heterocycles. The maximum absolute atomic E-state index is 12.6. The van der Waals surface area contributed by atoms with Crippen LogP contribution < -0.4 is 10.2 Å². The van der Waals surface area contributed by atoms with E-state index in [0.717, 1.165) is 24.3 Å². The number of piperidine rings is 1. The van der Waals surface area contributed by atoms with E-state index in [1.165, 1.54) is 19.3 Å². The third-order valence-electron chi connectivity index (χ3n) is 4.85. The topological polar surface area (TPSA) is 58.6 Å². The van der Waals surface area contributed by atoms with Gasteiger partial charge >= 0.3 is 5.97 Å². The van der Waals surface area contributed by atoms with Crippen LogP contribution in [0.5, 0.6) is 0 Å². The molecule has 0 saturated carbocycles. The summed E-state index contributed by atoms with van der Waals surface area (Å²) < 4.78 is 5.03. The third-order valence-corrected chi connectivity index (χ3v) is 4.85. The molecule has 1 fully saturated rings. The molecule has 1 amide bonds. The van der Waals surface area contributed by atoms with Crippen LogP contribution in [0, 0.1) is 6.92 Å². The SMILES string of the molecule is CCOC(=O)c1ccc(C)c(NC(=O)c2ccc(N3CCCCC3)cc2)c1. The fourth-order valence-corrected chi connectivity index (χ4v) is 3.27. The first-order valence-electron chi connectivity index (χ1n) is 9.52. The van der Waals surface area contributed by atoms with Gasteiger partial charge in [0.1, 0.15) is 0 Å². The second-order valence-electron chi connectivity index (χ2n) is 6.80. The molecular formula is C22H26N2O3. The van der Waals surface area contributed by atoms with E-state index in [-0.39, 0.29) is 11.9 Å². The monoisotopic (exact) mass is 366 g/mol. The number of benzene rings is 2. The Balaban J connectivity index is 1.71. The Hall–Kier alpha value is -2.82. The average Bonchev–Trinajstić information content (AvgIpc) is 2.70. The Morgan fingerprint density at radius 3 is 2.33 bits per heavy atom. The number of amides is 1. The van der Waals surface area contributed by atoms with E-state index in [1.54, 1.807) is 25.1 Å². The summed E-state index contributed by atoms with van der Waals surface area (Å²) in [5.41, 5.74) is 3.69. The Kier molecular flexibility index (Phi) is 6.12. The number of ether oxygens (including phenoxy) is 1. The van der Waals surface area contributed by atoms with Crippen molar-refractivity contribution in [2.75, 3.05) is 29.9 Å². The second-order valence-corrected chi connectivity index (χ2v) is 6.80. The Labute approximate surface area is 160 Å². The molecule has 0 unspecified atom stereocenters. The van der Waals surface area contributed by atoms with Crippen LogP contribution in [-0.2, 0) is 4.74 Å². The second kappa shape index (κ2) is 8.71. The van der Waals surface area contributed by atoms with Crippen LogP contribution in [0.3, 0.4) is 0 Å². The first-order valence-corrected chi connectivity index (χ1v) is 9.52. The zero-order valence-electron chi connectivity index (χ0n) is 16.0. The lowest BCUT2D eigenvalue weighted by molar-refractivity contribution is 0.0526. The van der Waals surface area contributed by atoms with E-state index in [4.69, 9.17) is 4.74 Å². The zero-order valence-corrected chi connectivity index (χ0v) is 16.0. The van der Waals surface area contributed by atoms with Crippen molar-refractivity contribution >= 4 is 23.3 Å². The molecule has 0 aliphatic carbocycles. The molecule has 0 bridgehead atoms. The van der Waals surface area contributed by atoms with Crippen molar-refractivity contribution in [3.63, 3.8) is 0 Å². The average molecular weight is 366 g/mol. The molecule has 3 rings (SSSR count). The standard InChI is InChI=1S/C22H26N2O3/c1-3-27-22(26)18-8-7-16(2)20(15-18)23-21(25)17-9-11-19(12-10-17)24-13-5-4-6-14-24/h7-12,15H,3-6,13-14H2,1-2H3,(H,23,25). The van der Waals surface area contributed by atoms with Crippen molar-refractivity contribution < 1.29 is 14.3 Å². The molecule has 2 aromatic rings. The molecule has 142 valence electrons. The van der Waals surface area contributed by atoms with Gasteiger partial charge in [-0.05, 0) is 75.1 Å². The van der Waals surface area contributed by atoms with Crippen molar-refractivity contribution in [3.8, 4) is 0 Å². The molecule has 0 radical (unpaired) electrons. The van der Waals surface area contributed by atoms with Gasteiger partial charge < -0.3 is 15.0 Å². The van der Waals surface area contributed by atoms with E-state index in [9.17, 15) is 9.59 Å². The van der Waals surface area contributed by atoms with Gasteiger partial charge in [0.25, 0.3) is 5.91 Å².